The first-order valence-electron chi connectivity index (χ1n) is 6.73. The molecule has 0 saturated carbocycles. The molecule has 0 bridgehead atoms. The Morgan fingerprint density at radius 2 is 2.10 bits per heavy atom. The van der Waals surface area contributed by atoms with E-state index in [0.717, 1.165) is 23.8 Å². The van der Waals surface area contributed by atoms with Crippen LogP contribution in [0.1, 0.15) is 23.6 Å². The van der Waals surface area contributed by atoms with Crippen molar-refractivity contribution in [1.29, 1.82) is 0 Å². The predicted octanol–water partition coefficient (Wildman–Crippen LogP) is 4.94. The molecule has 0 radical (unpaired) electrons. The van der Waals surface area contributed by atoms with Crippen molar-refractivity contribution >= 4 is 23.4 Å². The van der Waals surface area contributed by atoms with E-state index in [-0.39, 0.29) is 6.04 Å². The summed E-state index contributed by atoms with van der Waals surface area (Å²) in [5, 5.41) is 4.01. The number of hydrogen-bond acceptors (Lipinski definition) is 2. The fourth-order valence-electron chi connectivity index (χ4n) is 2.50. The van der Waals surface area contributed by atoms with E-state index >= 15 is 0 Å². The molecule has 2 aromatic rings. The summed E-state index contributed by atoms with van der Waals surface area (Å²) in [6, 6.07) is 10.2. The Morgan fingerprint density at radius 3 is 2.95 bits per heavy atom. The number of benzene rings is 2. The molecule has 0 fully saturated rings. The van der Waals surface area contributed by atoms with Gasteiger partial charge in [0.15, 0.2) is 11.6 Å². The standard InChI is InChI=1S/C16H14ClF2NS/c17-11-4-5-15-12(8-11)14(6-7-21-15)20-9-10-2-1-3-13(18)16(10)19/h1-5,8,14,20H,6-7,9H2. The smallest absolute Gasteiger partial charge is 0.163 e. The highest BCUT2D eigenvalue weighted by atomic mass is 35.5. The minimum atomic E-state index is -0.808. The summed E-state index contributed by atoms with van der Waals surface area (Å²) in [5.74, 6) is -0.587. The molecule has 1 nitrogen and oxygen atoms in total. The summed E-state index contributed by atoms with van der Waals surface area (Å²) < 4.78 is 26.9. The number of hydrogen-bond donors (Lipinski definition) is 1. The monoisotopic (exact) mass is 325 g/mol. The first-order chi connectivity index (χ1) is 10.1. The van der Waals surface area contributed by atoms with E-state index in [9.17, 15) is 8.78 Å². The maximum absolute atomic E-state index is 13.7. The lowest BCUT2D eigenvalue weighted by atomic mass is 10.0. The lowest BCUT2D eigenvalue weighted by Gasteiger charge is -2.26. The topological polar surface area (TPSA) is 12.0 Å². The first-order valence-corrected chi connectivity index (χ1v) is 8.10. The molecule has 3 rings (SSSR count). The quantitative estimate of drug-likeness (QED) is 0.857. The summed E-state index contributed by atoms with van der Waals surface area (Å²) in [6.07, 6.45) is 0.939. The SMILES string of the molecule is Fc1cccc(CNC2CCSc3ccc(Cl)cc32)c1F. The van der Waals surface area contributed by atoms with Crippen molar-refractivity contribution in [3.63, 3.8) is 0 Å². The van der Waals surface area contributed by atoms with Crippen molar-refractivity contribution in [1.82, 2.24) is 5.32 Å². The molecule has 0 aromatic heterocycles. The fourth-order valence-corrected chi connectivity index (χ4v) is 3.78. The second kappa shape index (κ2) is 6.34. The van der Waals surface area contributed by atoms with Gasteiger partial charge in [-0.25, -0.2) is 8.78 Å². The maximum atomic E-state index is 13.7. The molecule has 0 saturated heterocycles. The average molecular weight is 326 g/mol. The summed E-state index contributed by atoms with van der Waals surface area (Å²) >= 11 is 7.85. The van der Waals surface area contributed by atoms with Gasteiger partial charge in [0.05, 0.1) is 0 Å². The third-order valence-corrected chi connectivity index (χ3v) is 4.94. The van der Waals surface area contributed by atoms with E-state index < -0.39 is 11.6 Å². The van der Waals surface area contributed by atoms with Crippen LogP contribution < -0.4 is 5.32 Å². The molecule has 1 atom stereocenters. The normalized spacial score (nSPS) is 17.6. The lowest BCUT2D eigenvalue weighted by Crippen LogP contribution is -2.24. The molecule has 21 heavy (non-hydrogen) atoms. The Morgan fingerprint density at radius 1 is 1.24 bits per heavy atom. The van der Waals surface area contributed by atoms with Crippen molar-refractivity contribution in [3.8, 4) is 0 Å². The zero-order valence-corrected chi connectivity index (χ0v) is 12.8. The minimum Gasteiger partial charge on any atom is -0.306 e. The van der Waals surface area contributed by atoms with Gasteiger partial charge in [0.2, 0.25) is 0 Å². The zero-order valence-electron chi connectivity index (χ0n) is 11.2. The van der Waals surface area contributed by atoms with Crippen LogP contribution in [0.3, 0.4) is 0 Å². The molecule has 2 aromatic carbocycles. The van der Waals surface area contributed by atoms with Crippen molar-refractivity contribution in [3.05, 3.63) is 64.2 Å². The van der Waals surface area contributed by atoms with Crippen LogP contribution in [-0.4, -0.2) is 5.75 Å². The van der Waals surface area contributed by atoms with Gasteiger partial charge in [-0.1, -0.05) is 23.7 Å². The van der Waals surface area contributed by atoms with E-state index in [0.29, 0.717) is 17.1 Å². The van der Waals surface area contributed by atoms with Crippen molar-refractivity contribution in [2.75, 3.05) is 5.75 Å². The van der Waals surface area contributed by atoms with Crippen LogP contribution in [0.2, 0.25) is 5.02 Å². The van der Waals surface area contributed by atoms with Gasteiger partial charge in [-0.05, 0) is 42.0 Å². The van der Waals surface area contributed by atoms with Gasteiger partial charge < -0.3 is 5.32 Å². The van der Waals surface area contributed by atoms with Crippen LogP contribution in [0.25, 0.3) is 0 Å². The first kappa shape index (κ1) is 14.8. The van der Waals surface area contributed by atoms with Gasteiger partial charge >= 0.3 is 0 Å². The number of fused-ring (bicyclic) bond motifs is 1. The van der Waals surface area contributed by atoms with Gasteiger partial charge in [0.1, 0.15) is 0 Å². The Bertz CT molecular complexity index is 663. The molecular weight excluding hydrogens is 312 g/mol. The number of thioether (sulfide) groups is 1. The molecule has 1 heterocycles. The summed E-state index contributed by atoms with van der Waals surface area (Å²) in [7, 11) is 0. The summed E-state index contributed by atoms with van der Waals surface area (Å²) in [4.78, 5) is 1.20. The maximum Gasteiger partial charge on any atom is 0.163 e. The van der Waals surface area contributed by atoms with Crippen LogP contribution in [0.5, 0.6) is 0 Å². The number of nitrogens with one attached hydrogen (secondary N) is 1. The second-order valence-electron chi connectivity index (χ2n) is 4.97. The highest BCUT2D eigenvalue weighted by Gasteiger charge is 2.21. The average Bonchev–Trinajstić information content (AvgIpc) is 2.49. The van der Waals surface area contributed by atoms with E-state index in [2.05, 4.69) is 5.32 Å². The largest absolute Gasteiger partial charge is 0.306 e. The third-order valence-electron chi connectivity index (χ3n) is 3.58. The molecule has 5 heteroatoms. The summed E-state index contributed by atoms with van der Waals surface area (Å²) in [5.41, 5.74) is 1.48. The molecule has 1 aliphatic rings. The zero-order chi connectivity index (χ0) is 14.8. The highest BCUT2D eigenvalue weighted by molar-refractivity contribution is 7.99. The Hall–Kier alpha value is -1.10. The molecule has 0 aliphatic carbocycles. The molecule has 1 N–H and O–H groups in total. The van der Waals surface area contributed by atoms with E-state index in [4.69, 9.17) is 11.6 Å². The molecule has 0 spiro atoms. The van der Waals surface area contributed by atoms with Crippen LogP contribution in [0, 0.1) is 11.6 Å². The van der Waals surface area contributed by atoms with Crippen LogP contribution in [0.4, 0.5) is 8.78 Å². The van der Waals surface area contributed by atoms with Crippen molar-refractivity contribution < 1.29 is 8.78 Å². The van der Waals surface area contributed by atoms with E-state index in [1.165, 1.54) is 11.0 Å². The molecule has 0 amide bonds. The van der Waals surface area contributed by atoms with Crippen molar-refractivity contribution in [2.45, 2.75) is 23.9 Å². The minimum absolute atomic E-state index is 0.114. The van der Waals surface area contributed by atoms with Gasteiger partial charge in [-0.2, -0.15) is 0 Å². The van der Waals surface area contributed by atoms with E-state index in [1.54, 1.807) is 17.8 Å². The Kier molecular flexibility index (Phi) is 4.48. The van der Waals surface area contributed by atoms with Gasteiger partial charge in [0.25, 0.3) is 0 Å². The highest BCUT2D eigenvalue weighted by Crippen LogP contribution is 2.37. The molecule has 1 aliphatic heterocycles. The second-order valence-corrected chi connectivity index (χ2v) is 6.54. The molecular formula is C16H14ClF2NS. The Labute approximate surface area is 131 Å². The summed E-state index contributed by atoms with van der Waals surface area (Å²) in [6.45, 7) is 0.297. The Balaban J connectivity index is 1.78. The predicted molar refractivity (Wildman–Crippen MR) is 82.7 cm³/mol. The van der Waals surface area contributed by atoms with Gasteiger partial charge in [-0.3, -0.25) is 0 Å². The van der Waals surface area contributed by atoms with Crippen LogP contribution in [0.15, 0.2) is 41.3 Å². The lowest BCUT2D eigenvalue weighted by molar-refractivity contribution is 0.470. The van der Waals surface area contributed by atoms with Crippen LogP contribution in [-0.2, 0) is 6.54 Å². The fraction of sp³-hybridized carbons (Fsp3) is 0.250. The van der Waals surface area contributed by atoms with Crippen molar-refractivity contribution in [2.24, 2.45) is 0 Å². The number of halogens is 3. The molecule has 1 unspecified atom stereocenters. The molecule has 110 valence electrons. The van der Waals surface area contributed by atoms with Gasteiger partial charge in [0, 0.05) is 28.1 Å². The number of rotatable bonds is 3. The third kappa shape index (κ3) is 3.23. The van der Waals surface area contributed by atoms with Gasteiger partial charge in [-0.15, -0.1) is 11.8 Å². The van der Waals surface area contributed by atoms with E-state index in [1.807, 2.05) is 18.2 Å². The van der Waals surface area contributed by atoms with Crippen LogP contribution >= 0.6 is 23.4 Å².